The normalized spacial score (nSPS) is 17.7. The molecule has 0 aromatic carbocycles. The van der Waals surface area contributed by atoms with E-state index in [0.717, 1.165) is 11.0 Å². The summed E-state index contributed by atoms with van der Waals surface area (Å²) >= 11 is 1.36. The van der Waals surface area contributed by atoms with Crippen molar-refractivity contribution in [3.63, 3.8) is 0 Å². The Hall–Kier alpha value is -1.04. The molecule has 0 bridgehead atoms. The molecule has 1 aromatic rings. The predicted octanol–water partition coefficient (Wildman–Crippen LogP) is 0.658. The van der Waals surface area contributed by atoms with Gasteiger partial charge in [0.15, 0.2) is 5.16 Å². The van der Waals surface area contributed by atoms with E-state index in [0.29, 0.717) is 5.92 Å². The second kappa shape index (κ2) is 3.84. The van der Waals surface area contributed by atoms with Crippen molar-refractivity contribution in [3.05, 3.63) is 5.82 Å². The smallest absolute Gasteiger partial charge is 0.230 e. The summed E-state index contributed by atoms with van der Waals surface area (Å²) < 4.78 is 1.96. The summed E-state index contributed by atoms with van der Waals surface area (Å²) in [6, 6.07) is 0. The summed E-state index contributed by atoms with van der Waals surface area (Å²) in [6.07, 6.45) is 2.39. The van der Waals surface area contributed by atoms with E-state index in [9.17, 15) is 4.79 Å². The second-order valence-electron chi connectivity index (χ2n) is 3.84. The van der Waals surface area contributed by atoms with Crippen LogP contribution >= 0.6 is 11.8 Å². The lowest BCUT2D eigenvalue weighted by Gasteiger charge is -2.06. The van der Waals surface area contributed by atoms with Crippen molar-refractivity contribution in [2.75, 3.05) is 0 Å². The summed E-state index contributed by atoms with van der Waals surface area (Å²) in [5.74, 6) is 1.27. The molecular formula is C9H14N4OS. The van der Waals surface area contributed by atoms with Crippen molar-refractivity contribution in [2.24, 2.45) is 12.8 Å². The average molecular weight is 226 g/mol. The molecule has 1 unspecified atom stereocenters. The van der Waals surface area contributed by atoms with Crippen molar-refractivity contribution >= 4 is 17.7 Å². The quantitative estimate of drug-likeness (QED) is 0.765. The first-order chi connectivity index (χ1) is 7.09. The van der Waals surface area contributed by atoms with Crippen molar-refractivity contribution in [2.45, 2.75) is 36.1 Å². The molecule has 0 radical (unpaired) electrons. The molecule has 0 aliphatic heterocycles. The summed E-state index contributed by atoms with van der Waals surface area (Å²) in [6.45, 7) is 1.78. The summed E-state index contributed by atoms with van der Waals surface area (Å²) in [7, 11) is 1.93. The summed E-state index contributed by atoms with van der Waals surface area (Å²) in [5.41, 5.74) is 5.20. The number of aromatic nitrogens is 3. The van der Waals surface area contributed by atoms with Crippen LogP contribution in [0.4, 0.5) is 0 Å². The van der Waals surface area contributed by atoms with Gasteiger partial charge >= 0.3 is 0 Å². The number of primary amides is 1. The molecule has 1 aliphatic carbocycles. The monoisotopic (exact) mass is 226 g/mol. The molecule has 1 fully saturated rings. The van der Waals surface area contributed by atoms with Crippen LogP contribution in [0.2, 0.25) is 0 Å². The number of nitrogens with two attached hydrogens (primary N) is 1. The van der Waals surface area contributed by atoms with Crippen LogP contribution in [-0.2, 0) is 11.8 Å². The van der Waals surface area contributed by atoms with Gasteiger partial charge in [-0.2, -0.15) is 0 Å². The number of carbonyl (C=O) groups is 1. The SMILES string of the molecule is CC(Sc1nnc(C2CC2)n1C)C(N)=O. The Bertz CT molecular complexity index is 385. The van der Waals surface area contributed by atoms with Crippen LogP contribution in [-0.4, -0.2) is 25.9 Å². The van der Waals surface area contributed by atoms with Gasteiger partial charge in [-0.05, 0) is 19.8 Å². The fourth-order valence-corrected chi connectivity index (χ4v) is 2.11. The van der Waals surface area contributed by atoms with Gasteiger partial charge in [0.25, 0.3) is 0 Å². The summed E-state index contributed by atoms with van der Waals surface area (Å²) in [5, 5.41) is 8.70. The highest BCUT2D eigenvalue weighted by Gasteiger charge is 2.29. The molecule has 1 aromatic heterocycles. The average Bonchev–Trinajstić information content (AvgIpc) is 2.95. The number of rotatable bonds is 4. The fraction of sp³-hybridized carbons (Fsp3) is 0.667. The standard InChI is InChI=1S/C9H14N4OS/c1-5(7(10)14)15-9-12-11-8(13(9)2)6-3-4-6/h5-6H,3-4H2,1-2H3,(H2,10,14). The van der Waals surface area contributed by atoms with Crippen LogP contribution in [0.25, 0.3) is 0 Å². The number of thioether (sulfide) groups is 1. The zero-order valence-corrected chi connectivity index (χ0v) is 9.62. The zero-order valence-electron chi connectivity index (χ0n) is 8.80. The van der Waals surface area contributed by atoms with Gasteiger partial charge in [-0.25, -0.2) is 0 Å². The lowest BCUT2D eigenvalue weighted by molar-refractivity contribution is -0.117. The van der Waals surface area contributed by atoms with Crippen LogP contribution < -0.4 is 5.73 Å². The molecule has 6 heteroatoms. The van der Waals surface area contributed by atoms with Gasteiger partial charge < -0.3 is 10.3 Å². The molecule has 2 rings (SSSR count). The van der Waals surface area contributed by atoms with E-state index in [1.165, 1.54) is 24.6 Å². The molecule has 2 N–H and O–H groups in total. The minimum atomic E-state index is -0.323. The van der Waals surface area contributed by atoms with Gasteiger partial charge in [0, 0.05) is 13.0 Å². The molecule has 1 saturated carbocycles. The zero-order chi connectivity index (χ0) is 11.0. The molecule has 1 aliphatic rings. The van der Waals surface area contributed by atoms with Crippen LogP contribution in [0.15, 0.2) is 5.16 Å². The Kier molecular flexibility index (Phi) is 2.68. The van der Waals surface area contributed by atoms with Gasteiger partial charge in [-0.1, -0.05) is 11.8 Å². The molecule has 0 saturated heterocycles. The lowest BCUT2D eigenvalue weighted by atomic mass is 10.4. The van der Waals surface area contributed by atoms with Crippen LogP contribution in [0.3, 0.4) is 0 Å². The van der Waals surface area contributed by atoms with Crippen LogP contribution in [0.1, 0.15) is 31.5 Å². The number of nitrogens with zero attached hydrogens (tertiary/aromatic N) is 3. The number of carbonyl (C=O) groups excluding carboxylic acids is 1. The topological polar surface area (TPSA) is 73.8 Å². The molecule has 15 heavy (non-hydrogen) atoms. The molecule has 1 heterocycles. The Morgan fingerprint density at radius 3 is 2.80 bits per heavy atom. The molecule has 1 amide bonds. The first-order valence-corrected chi connectivity index (χ1v) is 5.83. The predicted molar refractivity (Wildman–Crippen MR) is 57.5 cm³/mol. The van der Waals surface area contributed by atoms with Gasteiger partial charge in [-0.3, -0.25) is 4.79 Å². The van der Waals surface area contributed by atoms with E-state index in [4.69, 9.17) is 5.73 Å². The van der Waals surface area contributed by atoms with Crippen LogP contribution in [0, 0.1) is 0 Å². The Morgan fingerprint density at radius 2 is 2.27 bits per heavy atom. The highest BCUT2D eigenvalue weighted by Crippen LogP contribution is 2.39. The Labute approximate surface area is 92.4 Å². The summed E-state index contributed by atoms with van der Waals surface area (Å²) in [4.78, 5) is 10.9. The Balaban J connectivity index is 2.11. The molecular weight excluding hydrogens is 212 g/mol. The third-order valence-electron chi connectivity index (χ3n) is 2.49. The van der Waals surface area contributed by atoms with Gasteiger partial charge in [0.1, 0.15) is 5.82 Å². The van der Waals surface area contributed by atoms with E-state index in [1.807, 2.05) is 11.6 Å². The van der Waals surface area contributed by atoms with E-state index in [1.54, 1.807) is 6.92 Å². The third kappa shape index (κ3) is 2.14. The van der Waals surface area contributed by atoms with Gasteiger partial charge in [0.2, 0.25) is 5.91 Å². The first kappa shape index (κ1) is 10.5. The highest BCUT2D eigenvalue weighted by atomic mass is 32.2. The number of hydrogen-bond acceptors (Lipinski definition) is 4. The lowest BCUT2D eigenvalue weighted by Crippen LogP contribution is -2.23. The fourth-order valence-electron chi connectivity index (χ4n) is 1.34. The van der Waals surface area contributed by atoms with E-state index in [-0.39, 0.29) is 11.2 Å². The number of amides is 1. The van der Waals surface area contributed by atoms with Crippen molar-refractivity contribution in [3.8, 4) is 0 Å². The molecule has 5 nitrogen and oxygen atoms in total. The van der Waals surface area contributed by atoms with Crippen molar-refractivity contribution in [1.29, 1.82) is 0 Å². The van der Waals surface area contributed by atoms with Crippen molar-refractivity contribution < 1.29 is 4.79 Å². The minimum absolute atomic E-state index is 0.264. The van der Waals surface area contributed by atoms with Crippen LogP contribution in [0.5, 0.6) is 0 Å². The molecule has 82 valence electrons. The highest BCUT2D eigenvalue weighted by molar-refractivity contribution is 8.00. The maximum Gasteiger partial charge on any atom is 0.230 e. The second-order valence-corrected chi connectivity index (χ2v) is 5.14. The van der Waals surface area contributed by atoms with E-state index >= 15 is 0 Å². The maximum absolute atomic E-state index is 10.9. The van der Waals surface area contributed by atoms with Gasteiger partial charge in [0.05, 0.1) is 5.25 Å². The number of hydrogen-bond donors (Lipinski definition) is 1. The van der Waals surface area contributed by atoms with E-state index in [2.05, 4.69) is 10.2 Å². The van der Waals surface area contributed by atoms with E-state index < -0.39 is 0 Å². The molecule has 0 spiro atoms. The third-order valence-corrected chi connectivity index (χ3v) is 3.65. The first-order valence-electron chi connectivity index (χ1n) is 4.95. The largest absolute Gasteiger partial charge is 0.369 e. The Morgan fingerprint density at radius 1 is 1.60 bits per heavy atom. The molecule has 1 atom stereocenters. The maximum atomic E-state index is 10.9. The minimum Gasteiger partial charge on any atom is -0.369 e. The van der Waals surface area contributed by atoms with Crippen molar-refractivity contribution in [1.82, 2.24) is 14.8 Å². The van der Waals surface area contributed by atoms with Gasteiger partial charge in [-0.15, -0.1) is 10.2 Å².